The van der Waals surface area contributed by atoms with Crippen LogP contribution in [0.15, 0.2) is 54.6 Å². The summed E-state index contributed by atoms with van der Waals surface area (Å²) in [5.41, 5.74) is 1.87. The molecule has 3 heteroatoms. The van der Waals surface area contributed by atoms with Gasteiger partial charge in [0.2, 0.25) is 5.91 Å². The van der Waals surface area contributed by atoms with Crippen LogP contribution in [0.1, 0.15) is 5.56 Å². The zero-order valence-electron chi connectivity index (χ0n) is 9.19. The molecule has 2 aromatic rings. The standard InChI is InChI=1S/C14H12INO/c15-12-7-4-8-13(10-12)16-14(17)9-11-5-2-1-3-6-11/h1-8,10H,9H2,(H,16,17). The van der Waals surface area contributed by atoms with Gasteiger partial charge < -0.3 is 5.32 Å². The average Bonchev–Trinajstić information content (AvgIpc) is 2.30. The molecule has 1 N–H and O–H groups in total. The van der Waals surface area contributed by atoms with E-state index in [1.165, 1.54) is 0 Å². The van der Waals surface area contributed by atoms with Gasteiger partial charge in [-0.15, -0.1) is 0 Å². The molecule has 0 heterocycles. The van der Waals surface area contributed by atoms with Crippen molar-refractivity contribution in [2.45, 2.75) is 6.42 Å². The molecule has 1 amide bonds. The molecule has 2 rings (SSSR count). The van der Waals surface area contributed by atoms with E-state index in [1.807, 2.05) is 54.6 Å². The van der Waals surface area contributed by atoms with Crippen LogP contribution < -0.4 is 5.32 Å². The Bertz CT molecular complexity index is 511. The predicted molar refractivity (Wildman–Crippen MR) is 77.9 cm³/mol. The minimum Gasteiger partial charge on any atom is -0.326 e. The molecule has 86 valence electrons. The molecule has 0 radical (unpaired) electrons. The lowest BCUT2D eigenvalue weighted by Gasteiger charge is -2.05. The van der Waals surface area contributed by atoms with Crippen molar-refractivity contribution in [3.8, 4) is 0 Å². The lowest BCUT2D eigenvalue weighted by atomic mass is 10.1. The van der Waals surface area contributed by atoms with E-state index >= 15 is 0 Å². The summed E-state index contributed by atoms with van der Waals surface area (Å²) in [6.07, 6.45) is 0.409. The van der Waals surface area contributed by atoms with E-state index in [4.69, 9.17) is 0 Å². The van der Waals surface area contributed by atoms with Crippen LogP contribution in [-0.2, 0) is 11.2 Å². The second-order valence-electron chi connectivity index (χ2n) is 3.72. The first-order valence-corrected chi connectivity index (χ1v) is 6.41. The Kier molecular flexibility index (Phi) is 4.14. The Balaban J connectivity index is 1.98. The van der Waals surface area contributed by atoms with Crippen LogP contribution in [0, 0.1) is 3.57 Å². The summed E-state index contributed by atoms with van der Waals surface area (Å²) in [5, 5.41) is 2.89. The fourth-order valence-corrected chi connectivity index (χ4v) is 2.10. The number of carbonyl (C=O) groups excluding carboxylic acids is 1. The maximum Gasteiger partial charge on any atom is 0.228 e. The molecule has 0 bridgehead atoms. The molecular formula is C14H12INO. The van der Waals surface area contributed by atoms with Crippen molar-refractivity contribution in [2.75, 3.05) is 5.32 Å². The summed E-state index contributed by atoms with van der Waals surface area (Å²) in [6.45, 7) is 0. The highest BCUT2D eigenvalue weighted by atomic mass is 127. The Morgan fingerprint density at radius 1 is 1.06 bits per heavy atom. The molecule has 0 aliphatic heterocycles. The maximum absolute atomic E-state index is 11.8. The van der Waals surface area contributed by atoms with Crippen molar-refractivity contribution in [3.05, 3.63) is 63.7 Å². The van der Waals surface area contributed by atoms with Crippen molar-refractivity contribution >= 4 is 34.2 Å². The minimum absolute atomic E-state index is 0.0122. The highest BCUT2D eigenvalue weighted by Crippen LogP contribution is 2.12. The Hall–Kier alpha value is -1.36. The van der Waals surface area contributed by atoms with E-state index in [9.17, 15) is 4.79 Å². The maximum atomic E-state index is 11.8. The number of rotatable bonds is 3. The SMILES string of the molecule is O=C(Cc1ccccc1)Nc1cccc(I)c1. The number of anilines is 1. The van der Waals surface area contributed by atoms with Gasteiger partial charge in [0.25, 0.3) is 0 Å². The molecular weight excluding hydrogens is 325 g/mol. The largest absolute Gasteiger partial charge is 0.326 e. The first-order chi connectivity index (χ1) is 8.24. The van der Waals surface area contributed by atoms with Crippen molar-refractivity contribution in [1.29, 1.82) is 0 Å². The van der Waals surface area contributed by atoms with Crippen molar-refractivity contribution < 1.29 is 4.79 Å². The van der Waals surface area contributed by atoms with Crippen molar-refractivity contribution in [2.24, 2.45) is 0 Å². The quantitative estimate of drug-likeness (QED) is 0.854. The summed E-state index contributed by atoms with van der Waals surface area (Å²) in [5.74, 6) is 0.0122. The van der Waals surface area contributed by atoms with E-state index in [-0.39, 0.29) is 5.91 Å². The molecule has 2 nitrogen and oxygen atoms in total. The van der Waals surface area contributed by atoms with Crippen LogP contribution >= 0.6 is 22.6 Å². The van der Waals surface area contributed by atoms with Crippen molar-refractivity contribution in [1.82, 2.24) is 0 Å². The summed E-state index contributed by atoms with van der Waals surface area (Å²) < 4.78 is 1.11. The summed E-state index contributed by atoms with van der Waals surface area (Å²) in [7, 11) is 0. The fraction of sp³-hybridized carbons (Fsp3) is 0.0714. The van der Waals surface area contributed by atoms with Gasteiger partial charge in [0, 0.05) is 9.26 Å². The molecule has 17 heavy (non-hydrogen) atoms. The molecule has 0 saturated heterocycles. The minimum atomic E-state index is 0.0122. The normalized spacial score (nSPS) is 9.94. The second-order valence-corrected chi connectivity index (χ2v) is 4.97. The molecule has 0 atom stereocenters. The van der Waals surface area contributed by atoms with Gasteiger partial charge in [-0.05, 0) is 46.4 Å². The van der Waals surface area contributed by atoms with Gasteiger partial charge in [-0.2, -0.15) is 0 Å². The molecule has 0 fully saturated rings. The first-order valence-electron chi connectivity index (χ1n) is 5.33. The van der Waals surface area contributed by atoms with E-state index in [1.54, 1.807) is 0 Å². The van der Waals surface area contributed by atoms with E-state index in [2.05, 4.69) is 27.9 Å². The molecule has 0 aromatic heterocycles. The van der Waals surface area contributed by atoms with Gasteiger partial charge in [0.05, 0.1) is 6.42 Å². The first kappa shape index (κ1) is 12.1. The van der Waals surface area contributed by atoms with Gasteiger partial charge in [0.15, 0.2) is 0 Å². The monoisotopic (exact) mass is 337 g/mol. The molecule has 0 aliphatic rings. The third-order valence-electron chi connectivity index (χ3n) is 2.32. The molecule has 0 spiro atoms. The number of carbonyl (C=O) groups is 1. The summed E-state index contributed by atoms with van der Waals surface area (Å²) in [6, 6.07) is 17.5. The fourth-order valence-electron chi connectivity index (χ4n) is 1.55. The van der Waals surface area contributed by atoms with Crippen LogP contribution in [0.2, 0.25) is 0 Å². The van der Waals surface area contributed by atoms with Crippen LogP contribution in [-0.4, -0.2) is 5.91 Å². The number of hydrogen-bond acceptors (Lipinski definition) is 1. The smallest absolute Gasteiger partial charge is 0.228 e. The van der Waals surface area contributed by atoms with Gasteiger partial charge in [-0.25, -0.2) is 0 Å². The average molecular weight is 337 g/mol. The molecule has 0 aliphatic carbocycles. The van der Waals surface area contributed by atoms with Crippen LogP contribution in [0.3, 0.4) is 0 Å². The third kappa shape index (κ3) is 3.85. The molecule has 2 aromatic carbocycles. The summed E-state index contributed by atoms with van der Waals surface area (Å²) in [4.78, 5) is 11.8. The Morgan fingerprint density at radius 2 is 1.82 bits per heavy atom. The Labute approximate surface area is 114 Å². The van der Waals surface area contributed by atoms with Gasteiger partial charge >= 0.3 is 0 Å². The zero-order chi connectivity index (χ0) is 12.1. The number of nitrogens with one attached hydrogen (secondary N) is 1. The van der Waals surface area contributed by atoms with Crippen LogP contribution in [0.4, 0.5) is 5.69 Å². The number of hydrogen-bond donors (Lipinski definition) is 1. The lowest BCUT2D eigenvalue weighted by Crippen LogP contribution is -2.14. The second kappa shape index (κ2) is 5.82. The lowest BCUT2D eigenvalue weighted by molar-refractivity contribution is -0.115. The number of benzene rings is 2. The molecule has 0 saturated carbocycles. The van der Waals surface area contributed by atoms with Gasteiger partial charge in [0.1, 0.15) is 0 Å². The highest BCUT2D eigenvalue weighted by Gasteiger charge is 2.03. The van der Waals surface area contributed by atoms with Gasteiger partial charge in [-0.3, -0.25) is 4.79 Å². The third-order valence-corrected chi connectivity index (χ3v) is 2.99. The van der Waals surface area contributed by atoms with E-state index in [0.717, 1.165) is 14.8 Å². The zero-order valence-corrected chi connectivity index (χ0v) is 11.3. The number of amides is 1. The number of halogens is 1. The summed E-state index contributed by atoms with van der Waals surface area (Å²) >= 11 is 2.22. The highest BCUT2D eigenvalue weighted by molar-refractivity contribution is 14.1. The van der Waals surface area contributed by atoms with Crippen LogP contribution in [0.5, 0.6) is 0 Å². The van der Waals surface area contributed by atoms with E-state index < -0.39 is 0 Å². The Morgan fingerprint density at radius 3 is 2.53 bits per heavy atom. The van der Waals surface area contributed by atoms with Gasteiger partial charge in [-0.1, -0.05) is 36.4 Å². The van der Waals surface area contributed by atoms with E-state index in [0.29, 0.717) is 6.42 Å². The predicted octanol–water partition coefficient (Wildman–Crippen LogP) is 3.47. The molecule has 0 unspecified atom stereocenters. The topological polar surface area (TPSA) is 29.1 Å². The van der Waals surface area contributed by atoms with Crippen molar-refractivity contribution in [3.63, 3.8) is 0 Å². The van der Waals surface area contributed by atoms with Crippen LogP contribution in [0.25, 0.3) is 0 Å².